The molecule has 1 heterocycles. The number of rotatable bonds is 5. The van der Waals surface area contributed by atoms with Crippen LogP contribution in [0, 0.1) is 5.92 Å². The average molecular weight is 386 g/mol. The second kappa shape index (κ2) is 7.56. The number of hydrazine groups is 1. The van der Waals surface area contributed by atoms with Crippen LogP contribution in [0.3, 0.4) is 0 Å². The van der Waals surface area contributed by atoms with Gasteiger partial charge < -0.3 is 21.6 Å². The molecule has 152 valence electrons. The highest BCUT2D eigenvalue weighted by Gasteiger charge is 2.55. The molecule has 7 nitrogen and oxygen atoms in total. The lowest BCUT2D eigenvalue weighted by molar-refractivity contribution is -0.136. The minimum Gasteiger partial charge on any atom is -0.390 e. The van der Waals surface area contributed by atoms with E-state index in [9.17, 15) is 14.7 Å². The van der Waals surface area contributed by atoms with Crippen molar-refractivity contribution in [3.8, 4) is 0 Å². The van der Waals surface area contributed by atoms with Crippen molar-refractivity contribution in [2.24, 2.45) is 11.7 Å². The number of aliphatic hydroxyl groups is 1. The minimum atomic E-state index is -1.15. The minimum absolute atomic E-state index is 0.106. The lowest BCUT2D eigenvalue weighted by atomic mass is 9.69. The Kier molecular flexibility index (Phi) is 5.50. The third kappa shape index (κ3) is 3.52. The quantitative estimate of drug-likeness (QED) is 0.611. The van der Waals surface area contributed by atoms with Crippen molar-refractivity contribution in [1.82, 2.24) is 15.8 Å². The number of carbonyl (C=O) groups is 2. The molecule has 0 bridgehead atoms. The molecule has 1 aliphatic heterocycles. The molecule has 0 saturated heterocycles. The molecule has 1 aromatic carbocycles. The molecule has 28 heavy (non-hydrogen) atoms. The van der Waals surface area contributed by atoms with E-state index in [1.165, 1.54) is 0 Å². The molecule has 1 unspecified atom stereocenters. The monoisotopic (exact) mass is 386 g/mol. The highest BCUT2D eigenvalue weighted by atomic mass is 16.3. The Morgan fingerprint density at radius 1 is 1.29 bits per heavy atom. The van der Waals surface area contributed by atoms with Gasteiger partial charge >= 0.3 is 0 Å². The van der Waals surface area contributed by atoms with Gasteiger partial charge in [0.1, 0.15) is 11.2 Å². The molecule has 1 aromatic rings. The van der Waals surface area contributed by atoms with E-state index in [4.69, 9.17) is 5.73 Å². The summed E-state index contributed by atoms with van der Waals surface area (Å²) < 4.78 is 0. The highest BCUT2D eigenvalue weighted by Crippen LogP contribution is 2.45. The molecule has 1 aliphatic carbocycles. The first-order valence-corrected chi connectivity index (χ1v) is 9.79. The van der Waals surface area contributed by atoms with E-state index in [1.54, 1.807) is 13.1 Å². The van der Waals surface area contributed by atoms with Gasteiger partial charge in [-0.1, -0.05) is 30.3 Å². The molecule has 5 N–H and O–H groups in total. The van der Waals surface area contributed by atoms with Gasteiger partial charge in [0.25, 0.3) is 5.91 Å². The summed E-state index contributed by atoms with van der Waals surface area (Å²) >= 11 is 0. The van der Waals surface area contributed by atoms with Crippen LogP contribution in [0.5, 0.6) is 0 Å². The number of amides is 2. The molecular formula is C21H30N4O3. The van der Waals surface area contributed by atoms with Gasteiger partial charge in [-0.2, -0.15) is 5.01 Å². The molecule has 2 aliphatic rings. The van der Waals surface area contributed by atoms with Gasteiger partial charge in [0, 0.05) is 7.05 Å². The Labute approximate surface area is 165 Å². The van der Waals surface area contributed by atoms with Crippen LogP contribution in [0.15, 0.2) is 42.1 Å². The molecule has 1 saturated carbocycles. The fourth-order valence-electron chi connectivity index (χ4n) is 4.48. The maximum absolute atomic E-state index is 12.9. The standard InChI is InChI=1S/C21H30N4O3/c1-14(15-7-5-4-6-8-15)25-21(19(22)27,13-17(24-25)18(26)23-3)16-9-11-20(2,28)12-10-16/h4-8,13-14,16,24,28H,9-12H2,1-3H3,(H2,22,27)(H,23,26)/t14-,16?,20?,21?/m0/s1. The number of benzene rings is 1. The van der Waals surface area contributed by atoms with Crippen molar-refractivity contribution in [1.29, 1.82) is 0 Å². The zero-order valence-corrected chi connectivity index (χ0v) is 16.7. The lowest BCUT2D eigenvalue weighted by Crippen LogP contribution is -2.62. The van der Waals surface area contributed by atoms with Crippen molar-refractivity contribution in [2.75, 3.05) is 7.05 Å². The van der Waals surface area contributed by atoms with E-state index in [0.717, 1.165) is 5.56 Å². The van der Waals surface area contributed by atoms with E-state index in [2.05, 4.69) is 10.7 Å². The third-order valence-corrected chi connectivity index (χ3v) is 6.22. The summed E-state index contributed by atoms with van der Waals surface area (Å²) in [4.78, 5) is 25.2. The van der Waals surface area contributed by atoms with E-state index in [-0.39, 0.29) is 17.9 Å². The van der Waals surface area contributed by atoms with E-state index in [1.807, 2.05) is 49.2 Å². The van der Waals surface area contributed by atoms with Crippen LogP contribution in [0.1, 0.15) is 51.1 Å². The number of carbonyl (C=O) groups excluding carboxylic acids is 2. The molecule has 0 aromatic heterocycles. The third-order valence-electron chi connectivity index (χ3n) is 6.22. The number of nitrogens with zero attached hydrogens (tertiary/aromatic N) is 1. The Hall–Kier alpha value is -2.38. The average Bonchev–Trinajstić information content (AvgIpc) is 3.09. The Morgan fingerprint density at radius 3 is 2.43 bits per heavy atom. The summed E-state index contributed by atoms with van der Waals surface area (Å²) in [6.45, 7) is 3.81. The predicted octanol–water partition coefficient (Wildman–Crippen LogP) is 1.36. The Balaban J connectivity index is 2.04. The summed E-state index contributed by atoms with van der Waals surface area (Å²) in [7, 11) is 1.55. The molecule has 1 fully saturated rings. The first-order chi connectivity index (χ1) is 13.2. The number of nitrogens with one attached hydrogen (secondary N) is 2. The van der Waals surface area contributed by atoms with Crippen LogP contribution >= 0.6 is 0 Å². The number of primary amides is 1. The normalized spacial score (nSPS) is 31.6. The zero-order chi connectivity index (χ0) is 20.5. The SMILES string of the molecule is CNC(=O)C1=CC(C(N)=O)(C2CCC(C)(O)CC2)N([C@@H](C)c2ccccc2)N1. The summed E-state index contributed by atoms with van der Waals surface area (Å²) in [5.74, 6) is -0.893. The fourth-order valence-corrected chi connectivity index (χ4v) is 4.48. The maximum Gasteiger partial charge on any atom is 0.268 e. The lowest BCUT2D eigenvalue weighted by Gasteiger charge is -2.46. The first-order valence-electron chi connectivity index (χ1n) is 9.79. The van der Waals surface area contributed by atoms with Crippen molar-refractivity contribution in [2.45, 2.75) is 56.7 Å². The highest BCUT2D eigenvalue weighted by molar-refractivity contribution is 5.97. The molecule has 0 radical (unpaired) electrons. The van der Waals surface area contributed by atoms with Gasteiger partial charge in [-0.3, -0.25) is 9.59 Å². The summed E-state index contributed by atoms with van der Waals surface area (Å²) in [6, 6.07) is 9.60. The number of hydrogen-bond acceptors (Lipinski definition) is 5. The molecule has 3 rings (SSSR count). The number of likely N-dealkylation sites (N-methyl/N-ethyl adjacent to an activating group) is 1. The van der Waals surface area contributed by atoms with Crippen LogP contribution in [0.25, 0.3) is 0 Å². The molecular weight excluding hydrogens is 356 g/mol. The molecule has 2 atom stereocenters. The predicted molar refractivity (Wildman–Crippen MR) is 106 cm³/mol. The molecule has 0 spiro atoms. The van der Waals surface area contributed by atoms with Crippen LogP contribution in [0.2, 0.25) is 0 Å². The van der Waals surface area contributed by atoms with Crippen molar-refractivity contribution < 1.29 is 14.7 Å². The van der Waals surface area contributed by atoms with E-state index in [0.29, 0.717) is 31.4 Å². The van der Waals surface area contributed by atoms with Gasteiger partial charge in [-0.05, 0) is 57.1 Å². The topological polar surface area (TPSA) is 108 Å². The zero-order valence-electron chi connectivity index (χ0n) is 16.7. The van der Waals surface area contributed by atoms with Crippen molar-refractivity contribution in [3.63, 3.8) is 0 Å². The first kappa shape index (κ1) is 20.4. The summed E-state index contributed by atoms with van der Waals surface area (Å²) in [5, 5.41) is 14.8. The van der Waals surface area contributed by atoms with E-state index >= 15 is 0 Å². The summed E-state index contributed by atoms with van der Waals surface area (Å²) in [5.41, 5.74) is 8.58. The van der Waals surface area contributed by atoms with Gasteiger partial charge in [0.05, 0.1) is 11.6 Å². The van der Waals surface area contributed by atoms with E-state index < -0.39 is 17.0 Å². The van der Waals surface area contributed by atoms with Crippen molar-refractivity contribution in [3.05, 3.63) is 47.7 Å². The smallest absolute Gasteiger partial charge is 0.268 e. The largest absolute Gasteiger partial charge is 0.390 e. The molecule has 7 heteroatoms. The van der Waals surface area contributed by atoms with Gasteiger partial charge in [0.2, 0.25) is 5.91 Å². The number of hydrogen-bond donors (Lipinski definition) is 4. The van der Waals surface area contributed by atoms with Gasteiger partial charge in [-0.25, -0.2) is 0 Å². The van der Waals surface area contributed by atoms with Gasteiger partial charge in [-0.15, -0.1) is 0 Å². The Bertz CT molecular complexity index is 767. The van der Waals surface area contributed by atoms with Crippen LogP contribution < -0.4 is 16.5 Å². The number of nitrogens with two attached hydrogens (primary N) is 1. The van der Waals surface area contributed by atoms with Crippen LogP contribution in [-0.2, 0) is 9.59 Å². The van der Waals surface area contributed by atoms with Crippen molar-refractivity contribution >= 4 is 11.8 Å². The molecule has 2 amide bonds. The van der Waals surface area contributed by atoms with Crippen LogP contribution in [0.4, 0.5) is 0 Å². The van der Waals surface area contributed by atoms with Crippen LogP contribution in [-0.4, -0.2) is 40.1 Å². The maximum atomic E-state index is 12.9. The fraction of sp³-hybridized carbons (Fsp3) is 0.524. The Morgan fingerprint density at radius 2 is 1.89 bits per heavy atom. The second-order valence-electron chi connectivity index (χ2n) is 8.17. The second-order valence-corrected chi connectivity index (χ2v) is 8.17. The van der Waals surface area contributed by atoms with Gasteiger partial charge in [0.15, 0.2) is 0 Å². The summed E-state index contributed by atoms with van der Waals surface area (Å²) in [6.07, 6.45) is 4.14.